The molecular formula is C8H13NO4. The van der Waals surface area contributed by atoms with Crippen molar-refractivity contribution in [1.29, 1.82) is 0 Å². The fourth-order valence-electron chi connectivity index (χ4n) is 1.30. The molecule has 5 heteroatoms. The Hall–Kier alpha value is -0.940. The zero-order chi connectivity index (χ0) is 9.84. The Labute approximate surface area is 76.2 Å². The lowest BCUT2D eigenvalue weighted by atomic mass is 9.97. The van der Waals surface area contributed by atoms with Crippen LogP contribution in [0.1, 0.15) is 13.3 Å². The van der Waals surface area contributed by atoms with Gasteiger partial charge >= 0.3 is 5.97 Å². The van der Waals surface area contributed by atoms with Gasteiger partial charge < -0.3 is 9.94 Å². The second-order valence-corrected chi connectivity index (χ2v) is 2.95. The van der Waals surface area contributed by atoms with Crippen LogP contribution >= 0.6 is 0 Å². The first-order valence-corrected chi connectivity index (χ1v) is 4.28. The van der Waals surface area contributed by atoms with E-state index in [0.717, 1.165) is 5.06 Å². The summed E-state index contributed by atoms with van der Waals surface area (Å²) in [4.78, 5) is 22.4. The fraction of sp³-hybridized carbons (Fsp3) is 0.750. The lowest BCUT2D eigenvalue weighted by molar-refractivity contribution is -0.164. The average Bonchev–Trinajstić information content (AvgIpc) is 2.04. The summed E-state index contributed by atoms with van der Waals surface area (Å²) in [5.74, 6) is -1.42. The number of ketones is 1. The van der Waals surface area contributed by atoms with Gasteiger partial charge in [-0.3, -0.25) is 9.59 Å². The molecule has 1 aliphatic heterocycles. The largest absolute Gasteiger partial charge is 0.465 e. The molecule has 0 aromatic rings. The first kappa shape index (κ1) is 10.1. The Morgan fingerprint density at radius 3 is 3.00 bits per heavy atom. The number of Topliss-reactive ketones (excluding diaryl/α,β-unsaturated/α-hetero) is 1. The molecule has 0 radical (unpaired) electrons. The summed E-state index contributed by atoms with van der Waals surface area (Å²) in [6.45, 7) is 2.24. The summed E-state index contributed by atoms with van der Waals surface area (Å²) in [7, 11) is 0. The smallest absolute Gasteiger partial charge is 0.316 e. The van der Waals surface area contributed by atoms with Gasteiger partial charge in [0.2, 0.25) is 0 Å². The Kier molecular flexibility index (Phi) is 3.39. The molecule has 1 atom stereocenters. The standard InChI is InChI=1S/C8H13NO4/c1-2-13-8(11)6-3-4-9(12)5-7(6)10/h6,12H,2-5H2,1H3. The van der Waals surface area contributed by atoms with Gasteiger partial charge in [-0.2, -0.15) is 5.06 Å². The minimum absolute atomic E-state index is 0.0799. The number of carbonyl (C=O) groups excluding carboxylic acids is 2. The first-order valence-electron chi connectivity index (χ1n) is 4.28. The van der Waals surface area contributed by atoms with Crippen LogP contribution < -0.4 is 0 Å². The van der Waals surface area contributed by atoms with Crippen LogP contribution in [0.3, 0.4) is 0 Å². The number of hydrogen-bond acceptors (Lipinski definition) is 5. The maximum Gasteiger partial charge on any atom is 0.316 e. The number of esters is 1. The summed E-state index contributed by atoms with van der Waals surface area (Å²) >= 11 is 0. The van der Waals surface area contributed by atoms with E-state index in [0.29, 0.717) is 13.0 Å². The number of piperidine rings is 1. The molecule has 1 N–H and O–H groups in total. The number of rotatable bonds is 2. The van der Waals surface area contributed by atoms with Crippen molar-refractivity contribution in [2.45, 2.75) is 13.3 Å². The third-order valence-electron chi connectivity index (χ3n) is 1.97. The summed E-state index contributed by atoms with van der Waals surface area (Å²) in [6, 6.07) is 0. The van der Waals surface area contributed by atoms with Gasteiger partial charge in [-0.05, 0) is 13.3 Å². The molecule has 0 aliphatic carbocycles. The highest BCUT2D eigenvalue weighted by molar-refractivity contribution is 6.00. The maximum atomic E-state index is 11.2. The van der Waals surface area contributed by atoms with Gasteiger partial charge in [-0.25, -0.2) is 0 Å². The molecule has 0 spiro atoms. The van der Waals surface area contributed by atoms with Crippen molar-refractivity contribution in [3.05, 3.63) is 0 Å². The normalized spacial score (nSPS) is 24.5. The Morgan fingerprint density at radius 2 is 2.46 bits per heavy atom. The average molecular weight is 187 g/mol. The van der Waals surface area contributed by atoms with Crippen molar-refractivity contribution >= 4 is 11.8 Å². The first-order chi connectivity index (χ1) is 6.15. The summed E-state index contributed by atoms with van der Waals surface area (Å²) in [5.41, 5.74) is 0. The molecule has 13 heavy (non-hydrogen) atoms. The minimum Gasteiger partial charge on any atom is -0.465 e. The van der Waals surface area contributed by atoms with E-state index in [1.807, 2.05) is 0 Å². The summed E-state index contributed by atoms with van der Waals surface area (Å²) in [5, 5.41) is 9.88. The molecule has 1 fully saturated rings. The molecule has 1 saturated heterocycles. The third-order valence-corrected chi connectivity index (χ3v) is 1.97. The molecule has 0 aromatic heterocycles. The minimum atomic E-state index is -0.677. The highest BCUT2D eigenvalue weighted by Gasteiger charge is 2.32. The number of hydrogen-bond donors (Lipinski definition) is 1. The number of nitrogens with zero attached hydrogens (tertiary/aromatic N) is 1. The molecule has 1 heterocycles. The molecule has 1 rings (SSSR count). The van der Waals surface area contributed by atoms with Crippen molar-refractivity contribution in [2.24, 2.45) is 5.92 Å². The van der Waals surface area contributed by atoms with E-state index in [4.69, 9.17) is 9.94 Å². The van der Waals surface area contributed by atoms with Crippen LogP contribution in [0.25, 0.3) is 0 Å². The van der Waals surface area contributed by atoms with Crippen LogP contribution in [0, 0.1) is 5.92 Å². The van der Waals surface area contributed by atoms with E-state index >= 15 is 0 Å². The van der Waals surface area contributed by atoms with Crippen LogP contribution in [-0.4, -0.2) is 41.7 Å². The second-order valence-electron chi connectivity index (χ2n) is 2.95. The van der Waals surface area contributed by atoms with Crippen molar-refractivity contribution in [3.8, 4) is 0 Å². The van der Waals surface area contributed by atoms with Crippen molar-refractivity contribution < 1.29 is 19.5 Å². The van der Waals surface area contributed by atoms with E-state index in [1.165, 1.54) is 0 Å². The lowest BCUT2D eigenvalue weighted by Crippen LogP contribution is -2.42. The van der Waals surface area contributed by atoms with Gasteiger partial charge in [0.15, 0.2) is 5.78 Å². The van der Waals surface area contributed by atoms with Crippen molar-refractivity contribution in [3.63, 3.8) is 0 Å². The number of hydroxylamine groups is 2. The van der Waals surface area contributed by atoms with Crippen molar-refractivity contribution in [2.75, 3.05) is 19.7 Å². The second kappa shape index (κ2) is 4.34. The van der Waals surface area contributed by atoms with E-state index in [-0.39, 0.29) is 18.9 Å². The van der Waals surface area contributed by atoms with Crippen LogP contribution in [0.4, 0.5) is 0 Å². The molecule has 1 aliphatic rings. The van der Waals surface area contributed by atoms with Crippen molar-refractivity contribution in [1.82, 2.24) is 5.06 Å². The van der Waals surface area contributed by atoms with Gasteiger partial charge in [-0.15, -0.1) is 0 Å². The molecule has 74 valence electrons. The zero-order valence-corrected chi connectivity index (χ0v) is 7.52. The quantitative estimate of drug-likeness (QED) is 0.480. The highest BCUT2D eigenvalue weighted by atomic mass is 16.5. The van der Waals surface area contributed by atoms with Gasteiger partial charge in [-0.1, -0.05) is 0 Å². The topological polar surface area (TPSA) is 66.8 Å². The molecule has 1 unspecified atom stereocenters. The van der Waals surface area contributed by atoms with Crippen LogP contribution in [0.2, 0.25) is 0 Å². The molecule has 0 bridgehead atoms. The fourth-order valence-corrected chi connectivity index (χ4v) is 1.30. The maximum absolute atomic E-state index is 11.2. The van der Waals surface area contributed by atoms with Crippen LogP contribution in [0.15, 0.2) is 0 Å². The molecular weight excluding hydrogens is 174 g/mol. The highest BCUT2D eigenvalue weighted by Crippen LogP contribution is 2.13. The Morgan fingerprint density at radius 1 is 1.77 bits per heavy atom. The monoisotopic (exact) mass is 187 g/mol. The molecule has 0 amide bonds. The zero-order valence-electron chi connectivity index (χ0n) is 7.52. The number of carbonyl (C=O) groups is 2. The van der Waals surface area contributed by atoms with E-state index in [1.54, 1.807) is 6.92 Å². The lowest BCUT2D eigenvalue weighted by Gasteiger charge is -2.24. The molecule has 5 nitrogen and oxygen atoms in total. The van der Waals surface area contributed by atoms with E-state index < -0.39 is 11.9 Å². The summed E-state index contributed by atoms with van der Waals surface area (Å²) in [6.07, 6.45) is 0.341. The van der Waals surface area contributed by atoms with Gasteiger partial charge in [0, 0.05) is 6.54 Å². The summed E-state index contributed by atoms with van der Waals surface area (Å²) < 4.78 is 4.73. The number of ether oxygens (including phenoxy) is 1. The van der Waals surface area contributed by atoms with Crippen LogP contribution in [-0.2, 0) is 14.3 Å². The third kappa shape index (κ3) is 2.50. The van der Waals surface area contributed by atoms with Gasteiger partial charge in [0.25, 0.3) is 0 Å². The molecule has 0 aromatic carbocycles. The van der Waals surface area contributed by atoms with Gasteiger partial charge in [0.1, 0.15) is 5.92 Å². The SMILES string of the molecule is CCOC(=O)C1CCN(O)CC1=O. The molecule has 0 saturated carbocycles. The van der Waals surface area contributed by atoms with Crippen LogP contribution in [0.5, 0.6) is 0 Å². The Bertz CT molecular complexity index is 208. The Balaban J connectivity index is 2.51. The van der Waals surface area contributed by atoms with E-state index in [2.05, 4.69) is 0 Å². The predicted octanol–water partition coefficient (Wildman–Crippen LogP) is -0.170. The van der Waals surface area contributed by atoms with E-state index in [9.17, 15) is 9.59 Å². The van der Waals surface area contributed by atoms with Gasteiger partial charge in [0.05, 0.1) is 13.2 Å². The predicted molar refractivity (Wildman–Crippen MR) is 43.1 cm³/mol.